The third-order valence-electron chi connectivity index (χ3n) is 2.88. The first-order valence-electron chi connectivity index (χ1n) is 6.00. The van der Waals surface area contributed by atoms with E-state index in [-0.39, 0.29) is 11.7 Å². The van der Waals surface area contributed by atoms with Crippen LogP contribution in [0.2, 0.25) is 0 Å². The monoisotopic (exact) mass is 248 g/mol. The standard InChI is InChI=1S/C14H17FN2O/c1-3-11(9-16)14(18)17-7-6-12-4-5-13(15)8-10(12)2/h4-5,8,11H,3,6-7H2,1-2H3,(H,17,18). The molecule has 3 nitrogen and oxygen atoms in total. The van der Waals surface area contributed by atoms with Crippen molar-refractivity contribution in [2.24, 2.45) is 5.92 Å². The molecule has 0 saturated heterocycles. The number of hydrogen-bond donors (Lipinski definition) is 1. The Balaban J connectivity index is 2.47. The van der Waals surface area contributed by atoms with E-state index in [1.54, 1.807) is 13.0 Å². The van der Waals surface area contributed by atoms with Gasteiger partial charge in [-0.05, 0) is 43.0 Å². The van der Waals surface area contributed by atoms with Crippen LogP contribution in [0.15, 0.2) is 18.2 Å². The van der Waals surface area contributed by atoms with Crippen molar-refractivity contribution >= 4 is 5.91 Å². The molecule has 1 aromatic rings. The second-order valence-corrected chi connectivity index (χ2v) is 4.20. The number of hydrogen-bond acceptors (Lipinski definition) is 2. The van der Waals surface area contributed by atoms with E-state index in [1.165, 1.54) is 12.1 Å². The molecular formula is C14H17FN2O. The highest BCUT2D eigenvalue weighted by Crippen LogP contribution is 2.10. The van der Waals surface area contributed by atoms with Gasteiger partial charge >= 0.3 is 0 Å². The summed E-state index contributed by atoms with van der Waals surface area (Å²) in [7, 11) is 0. The summed E-state index contributed by atoms with van der Waals surface area (Å²) in [6, 6.07) is 6.56. The number of carbonyl (C=O) groups excluding carboxylic acids is 1. The summed E-state index contributed by atoms with van der Waals surface area (Å²) in [6.45, 7) is 4.10. The smallest absolute Gasteiger partial charge is 0.237 e. The Morgan fingerprint density at radius 2 is 2.28 bits per heavy atom. The van der Waals surface area contributed by atoms with Crippen LogP contribution in [-0.2, 0) is 11.2 Å². The van der Waals surface area contributed by atoms with Gasteiger partial charge in [0.05, 0.1) is 6.07 Å². The van der Waals surface area contributed by atoms with Gasteiger partial charge in [-0.2, -0.15) is 5.26 Å². The van der Waals surface area contributed by atoms with E-state index in [0.29, 0.717) is 19.4 Å². The van der Waals surface area contributed by atoms with Crippen molar-refractivity contribution in [3.63, 3.8) is 0 Å². The Kier molecular flexibility index (Phi) is 5.31. The summed E-state index contributed by atoms with van der Waals surface area (Å²) in [6.07, 6.45) is 1.15. The summed E-state index contributed by atoms with van der Waals surface area (Å²) in [5, 5.41) is 11.5. The quantitative estimate of drug-likeness (QED) is 0.869. The Labute approximate surface area is 107 Å². The third kappa shape index (κ3) is 3.85. The Morgan fingerprint density at radius 1 is 1.56 bits per heavy atom. The van der Waals surface area contributed by atoms with E-state index in [4.69, 9.17) is 5.26 Å². The molecule has 0 aromatic heterocycles. The highest BCUT2D eigenvalue weighted by Gasteiger charge is 2.14. The first-order chi connectivity index (χ1) is 8.58. The van der Waals surface area contributed by atoms with Crippen LogP contribution >= 0.6 is 0 Å². The maximum Gasteiger partial charge on any atom is 0.237 e. The predicted molar refractivity (Wildman–Crippen MR) is 67.2 cm³/mol. The van der Waals surface area contributed by atoms with E-state index in [1.807, 2.05) is 13.0 Å². The summed E-state index contributed by atoms with van der Waals surface area (Å²) >= 11 is 0. The SMILES string of the molecule is CCC(C#N)C(=O)NCCc1ccc(F)cc1C. The molecule has 0 aliphatic heterocycles. The van der Waals surface area contributed by atoms with Crippen molar-refractivity contribution in [1.29, 1.82) is 5.26 Å². The molecule has 1 amide bonds. The van der Waals surface area contributed by atoms with Crippen LogP contribution in [0.1, 0.15) is 24.5 Å². The molecule has 1 atom stereocenters. The molecule has 1 rings (SSSR count). The molecule has 0 aliphatic rings. The van der Waals surface area contributed by atoms with Crippen molar-refractivity contribution in [3.05, 3.63) is 35.1 Å². The summed E-state index contributed by atoms with van der Waals surface area (Å²) in [5.41, 5.74) is 1.87. The summed E-state index contributed by atoms with van der Waals surface area (Å²) in [4.78, 5) is 11.5. The zero-order chi connectivity index (χ0) is 13.5. The maximum absolute atomic E-state index is 12.9. The normalized spacial score (nSPS) is 11.7. The molecule has 0 radical (unpaired) electrons. The molecule has 0 bridgehead atoms. The molecular weight excluding hydrogens is 231 g/mol. The molecule has 4 heteroatoms. The van der Waals surface area contributed by atoms with E-state index < -0.39 is 5.92 Å². The molecule has 0 spiro atoms. The van der Waals surface area contributed by atoms with E-state index >= 15 is 0 Å². The lowest BCUT2D eigenvalue weighted by Crippen LogP contribution is -2.31. The van der Waals surface area contributed by atoms with Crippen molar-refractivity contribution in [3.8, 4) is 6.07 Å². The van der Waals surface area contributed by atoms with Gasteiger partial charge in [0.2, 0.25) is 5.91 Å². The van der Waals surface area contributed by atoms with Crippen LogP contribution in [0.25, 0.3) is 0 Å². The second kappa shape index (κ2) is 6.75. The van der Waals surface area contributed by atoms with Gasteiger partial charge in [-0.1, -0.05) is 13.0 Å². The van der Waals surface area contributed by atoms with Crippen LogP contribution in [0, 0.1) is 30.0 Å². The minimum atomic E-state index is -0.584. The highest BCUT2D eigenvalue weighted by molar-refractivity contribution is 5.80. The fraction of sp³-hybridized carbons (Fsp3) is 0.429. The highest BCUT2D eigenvalue weighted by atomic mass is 19.1. The van der Waals surface area contributed by atoms with Crippen molar-refractivity contribution in [2.45, 2.75) is 26.7 Å². The van der Waals surface area contributed by atoms with E-state index in [9.17, 15) is 9.18 Å². The van der Waals surface area contributed by atoms with Crippen LogP contribution in [-0.4, -0.2) is 12.5 Å². The first-order valence-corrected chi connectivity index (χ1v) is 6.00. The number of halogens is 1. The summed E-state index contributed by atoms with van der Waals surface area (Å²) < 4.78 is 12.9. The molecule has 0 heterocycles. The molecule has 0 aliphatic carbocycles. The van der Waals surface area contributed by atoms with Crippen molar-refractivity contribution in [2.75, 3.05) is 6.54 Å². The number of nitrogens with zero attached hydrogens (tertiary/aromatic N) is 1. The predicted octanol–water partition coefficient (Wildman–Crippen LogP) is 2.34. The molecule has 1 N–H and O–H groups in total. The first kappa shape index (κ1) is 14.2. The average Bonchev–Trinajstić information content (AvgIpc) is 2.33. The molecule has 18 heavy (non-hydrogen) atoms. The van der Waals surface area contributed by atoms with E-state index in [0.717, 1.165) is 11.1 Å². The molecule has 1 aromatic carbocycles. The van der Waals surface area contributed by atoms with Crippen LogP contribution in [0.5, 0.6) is 0 Å². The molecule has 96 valence electrons. The van der Waals surface area contributed by atoms with Crippen LogP contribution in [0.3, 0.4) is 0 Å². The third-order valence-corrected chi connectivity index (χ3v) is 2.88. The fourth-order valence-electron chi connectivity index (χ4n) is 1.72. The maximum atomic E-state index is 12.9. The number of amides is 1. The minimum Gasteiger partial charge on any atom is -0.355 e. The van der Waals surface area contributed by atoms with Gasteiger partial charge in [0.15, 0.2) is 0 Å². The fourth-order valence-corrected chi connectivity index (χ4v) is 1.72. The lowest BCUT2D eigenvalue weighted by molar-refractivity contribution is -0.123. The van der Waals surface area contributed by atoms with Gasteiger partial charge < -0.3 is 5.32 Å². The van der Waals surface area contributed by atoms with Gasteiger partial charge in [-0.3, -0.25) is 4.79 Å². The van der Waals surface area contributed by atoms with Gasteiger partial charge in [-0.25, -0.2) is 4.39 Å². The van der Waals surface area contributed by atoms with E-state index in [2.05, 4.69) is 5.32 Å². The Bertz CT molecular complexity index is 465. The van der Waals surface area contributed by atoms with Gasteiger partial charge in [0, 0.05) is 6.54 Å². The Morgan fingerprint density at radius 3 is 2.83 bits per heavy atom. The number of rotatable bonds is 5. The zero-order valence-corrected chi connectivity index (χ0v) is 10.7. The van der Waals surface area contributed by atoms with Gasteiger partial charge in [-0.15, -0.1) is 0 Å². The number of nitrogens with one attached hydrogen (secondary N) is 1. The number of nitriles is 1. The van der Waals surface area contributed by atoms with Crippen molar-refractivity contribution < 1.29 is 9.18 Å². The molecule has 0 fully saturated rings. The topological polar surface area (TPSA) is 52.9 Å². The number of aryl methyl sites for hydroxylation is 1. The largest absolute Gasteiger partial charge is 0.355 e. The Hall–Kier alpha value is -1.89. The van der Waals surface area contributed by atoms with Crippen LogP contribution < -0.4 is 5.32 Å². The molecule has 0 saturated carbocycles. The van der Waals surface area contributed by atoms with Gasteiger partial charge in [0.1, 0.15) is 11.7 Å². The van der Waals surface area contributed by atoms with Crippen LogP contribution in [0.4, 0.5) is 4.39 Å². The van der Waals surface area contributed by atoms with Gasteiger partial charge in [0.25, 0.3) is 0 Å². The average molecular weight is 248 g/mol. The zero-order valence-electron chi connectivity index (χ0n) is 10.7. The lowest BCUT2D eigenvalue weighted by Gasteiger charge is -2.09. The number of benzene rings is 1. The molecule has 1 unspecified atom stereocenters. The van der Waals surface area contributed by atoms with Crippen molar-refractivity contribution in [1.82, 2.24) is 5.32 Å². The minimum absolute atomic E-state index is 0.236. The lowest BCUT2D eigenvalue weighted by atomic mass is 10.0. The second-order valence-electron chi connectivity index (χ2n) is 4.20. The number of carbonyl (C=O) groups is 1. The summed E-state index contributed by atoms with van der Waals surface area (Å²) in [5.74, 6) is -1.07.